The highest BCUT2D eigenvalue weighted by Gasteiger charge is 2.55. The fourth-order valence-corrected chi connectivity index (χ4v) is 3.94. The molecule has 2 aliphatic heterocycles. The number of hydrogen-bond donors (Lipinski definition) is 2. The summed E-state index contributed by atoms with van der Waals surface area (Å²) in [6.45, 7) is 5.96. The Bertz CT molecular complexity index is 642. The number of carbonyl (C=O) groups excluding carboxylic acids is 1. The van der Waals surface area contributed by atoms with Gasteiger partial charge in [0.05, 0.1) is 30.1 Å². The number of hydrogen-bond acceptors (Lipinski definition) is 3. The number of nitrogens with one attached hydrogen (secondary N) is 1. The van der Waals surface area contributed by atoms with Crippen molar-refractivity contribution in [1.82, 2.24) is 5.32 Å². The number of ether oxygens (including phenoxy) is 1. The summed E-state index contributed by atoms with van der Waals surface area (Å²) in [6, 6.07) is 5.98. The van der Waals surface area contributed by atoms with Crippen LogP contribution in [0.5, 0.6) is 0 Å². The molecule has 1 amide bonds. The van der Waals surface area contributed by atoms with E-state index in [0.717, 1.165) is 29.5 Å². The van der Waals surface area contributed by atoms with Gasteiger partial charge in [0.2, 0.25) is 5.91 Å². The smallest absolute Gasteiger partial charge is 0.310 e. The van der Waals surface area contributed by atoms with Crippen LogP contribution in [-0.4, -0.2) is 29.2 Å². The average molecular weight is 317 g/mol. The number of fused-ring (bicyclic) bond motifs is 2. The van der Waals surface area contributed by atoms with Crippen molar-refractivity contribution in [2.45, 2.75) is 51.9 Å². The lowest BCUT2D eigenvalue weighted by molar-refractivity contribution is -0.148. The second-order valence-electron chi connectivity index (χ2n) is 6.77. The normalized spacial score (nSPS) is 30.2. The summed E-state index contributed by atoms with van der Waals surface area (Å²) in [5, 5.41) is 12.4. The van der Waals surface area contributed by atoms with Crippen LogP contribution in [0.25, 0.3) is 0 Å². The Morgan fingerprint density at radius 3 is 2.52 bits per heavy atom. The minimum atomic E-state index is -0.934. The number of aryl methyl sites for hydroxylation is 2. The van der Waals surface area contributed by atoms with E-state index in [1.54, 1.807) is 0 Å². The van der Waals surface area contributed by atoms with Crippen molar-refractivity contribution >= 4 is 11.9 Å². The molecule has 0 aliphatic carbocycles. The van der Waals surface area contributed by atoms with Gasteiger partial charge < -0.3 is 15.2 Å². The average Bonchev–Trinajstić information content (AvgIpc) is 3.10. The summed E-state index contributed by atoms with van der Waals surface area (Å²) < 4.78 is 5.67. The van der Waals surface area contributed by atoms with Crippen molar-refractivity contribution in [3.05, 3.63) is 34.9 Å². The van der Waals surface area contributed by atoms with Crippen molar-refractivity contribution in [2.75, 3.05) is 0 Å². The summed E-state index contributed by atoms with van der Waals surface area (Å²) >= 11 is 0. The van der Waals surface area contributed by atoms with Crippen LogP contribution in [0.2, 0.25) is 0 Å². The summed E-state index contributed by atoms with van der Waals surface area (Å²) in [5.74, 6) is -2.45. The lowest BCUT2D eigenvalue weighted by atomic mass is 9.78. The van der Waals surface area contributed by atoms with E-state index in [9.17, 15) is 14.7 Å². The Balaban J connectivity index is 1.76. The van der Waals surface area contributed by atoms with E-state index in [0.29, 0.717) is 0 Å². The number of carboxylic acid groups (broad SMARTS) is 1. The Labute approximate surface area is 136 Å². The molecule has 2 heterocycles. The molecule has 2 aliphatic rings. The van der Waals surface area contributed by atoms with Crippen molar-refractivity contribution in [1.29, 1.82) is 0 Å². The molecule has 3 rings (SSSR count). The van der Waals surface area contributed by atoms with Crippen molar-refractivity contribution in [2.24, 2.45) is 11.8 Å². The first-order valence-corrected chi connectivity index (χ1v) is 8.14. The Kier molecular flexibility index (Phi) is 4.15. The summed E-state index contributed by atoms with van der Waals surface area (Å²) in [6.07, 6.45) is 0.929. The van der Waals surface area contributed by atoms with Gasteiger partial charge in [0.1, 0.15) is 0 Å². The largest absolute Gasteiger partial charge is 0.481 e. The van der Waals surface area contributed by atoms with Crippen molar-refractivity contribution in [3.63, 3.8) is 0 Å². The van der Waals surface area contributed by atoms with E-state index < -0.39 is 17.8 Å². The van der Waals surface area contributed by atoms with Gasteiger partial charge in [-0.2, -0.15) is 0 Å². The Morgan fingerprint density at radius 1 is 1.22 bits per heavy atom. The molecule has 23 heavy (non-hydrogen) atoms. The third kappa shape index (κ3) is 2.85. The second-order valence-corrected chi connectivity index (χ2v) is 6.77. The molecule has 5 nitrogen and oxygen atoms in total. The van der Waals surface area contributed by atoms with Crippen LogP contribution in [0.4, 0.5) is 0 Å². The van der Waals surface area contributed by atoms with E-state index in [2.05, 4.69) is 11.4 Å². The minimum absolute atomic E-state index is 0.157. The van der Waals surface area contributed by atoms with E-state index in [1.807, 2.05) is 32.9 Å². The number of amides is 1. The van der Waals surface area contributed by atoms with Crippen LogP contribution < -0.4 is 5.32 Å². The molecule has 2 N–H and O–H groups in total. The van der Waals surface area contributed by atoms with Crippen LogP contribution in [0.15, 0.2) is 18.2 Å². The highest BCUT2D eigenvalue weighted by Crippen LogP contribution is 2.43. The SMILES string of the molecule is Cc1ccc(C)c([C@@H](C)NC(=O)[C@@H]2[C@@H](C(=O)O)[C@H]3CC[C@@H]2O3)c1. The molecule has 5 heteroatoms. The van der Waals surface area contributed by atoms with Gasteiger partial charge in [0.25, 0.3) is 0 Å². The third-order valence-corrected chi connectivity index (χ3v) is 5.12. The van der Waals surface area contributed by atoms with Gasteiger partial charge >= 0.3 is 5.97 Å². The molecule has 1 aromatic rings. The third-order valence-electron chi connectivity index (χ3n) is 5.12. The zero-order valence-electron chi connectivity index (χ0n) is 13.7. The molecule has 0 saturated carbocycles. The number of aliphatic carboxylic acids is 1. The van der Waals surface area contributed by atoms with Crippen LogP contribution in [-0.2, 0) is 14.3 Å². The zero-order valence-corrected chi connectivity index (χ0v) is 13.7. The van der Waals surface area contributed by atoms with Gasteiger partial charge in [-0.25, -0.2) is 0 Å². The van der Waals surface area contributed by atoms with Crippen LogP contribution in [0.1, 0.15) is 42.5 Å². The first-order chi connectivity index (χ1) is 10.9. The predicted octanol–water partition coefficient (Wildman–Crippen LogP) is 2.36. The van der Waals surface area contributed by atoms with E-state index >= 15 is 0 Å². The fourth-order valence-electron chi connectivity index (χ4n) is 3.94. The van der Waals surface area contributed by atoms with Gasteiger partial charge in [-0.1, -0.05) is 23.8 Å². The molecule has 0 radical (unpaired) electrons. The molecule has 5 atom stereocenters. The van der Waals surface area contributed by atoms with E-state index in [4.69, 9.17) is 4.74 Å². The number of carboxylic acids is 1. The molecule has 2 fully saturated rings. The van der Waals surface area contributed by atoms with Gasteiger partial charge in [-0.05, 0) is 44.7 Å². The standard InChI is InChI=1S/C18H23NO4/c1-9-4-5-10(2)12(8-9)11(3)19-17(20)15-13-6-7-14(23-13)16(15)18(21)22/h4-5,8,11,13-16H,6-7H2,1-3H3,(H,19,20)(H,21,22)/t11-,13+,14-,15+,16+/m1/s1. The zero-order chi connectivity index (χ0) is 16.7. The van der Waals surface area contributed by atoms with Gasteiger partial charge in [0.15, 0.2) is 0 Å². The molecule has 0 aromatic heterocycles. The van der Waals surface area contributed by atoms with Gasteiger partial charge in [0, 0.05) is 0 Å². The number of benzene rings is 1. The molecule has 1 aromatic carbocycles. The molecular formula is C18H23NO4. The fraction of sp³-hybridized carbons (Fsp3) is 0.556. The first kappa shape index (κ1) is 16.0. The van der Waals surface area contributed by atoms with Crippen LogP contribution in [0.3, 0.4) is 0 Å². The summed E-state index contributed by atoms with van der Waals surface area (Å²) in [7, 11) is 0. The number of carbonyl (C=O) groups is 2. The van der Waals surface area contributed by atoms with Crippen LogP contribution in [0, 0.1) is 25.7 Å². The maximum Gasteiger partial charge on any atom is 0.310 e. The van der Waals surface area contributed by atoms with E-state index in [-0.39, 0.29) is 24.2 Å². The lowest BCUT2D eigenvalue weighted by Gasteiger charge is -2.26. The second kappa shape index (κ2) is 5.96. The van der Waals surface area contributed by atoms with Crippen LogP contribution >= 0.6 is 0 Å². The van der Waals surface area contributed by atoms with E-state index in [1.165, 1.54) is 0 Å². The first-order valence-electron chi connectivity index (χ1n) is 8.14. The van der Waals surface area contributed by atoms with Crippen molar-refractivity contribution < 1.29 is 19.4 Å². The molecular weight excluding hydrogens is 294 g/mol. The molecule has 124 valence electrons. The monoisotopic (exact) mass is 317 g/mol. The maximum absolute atomic E-state index is 12.7. The maximum atomic E-state index is 12.7. The summed E-state index contributed by atoms with van der Waals surface area (Å²) in [5.41, 5.74) is 3.31. The molecule has 0 unspecified atom stereocenters. The van der Waals surface area contributed by atoms with Crippen molar-refractivity contribution in [3.8, 4) is 0 Å². The minimum Gasteiger partial charge on any atom is -0.481 e. The number of rotatable bonds is 4. The Morgan fingerprint density at radius 2 is 1.87 bits per heavy atom. The van der Waals surface area contributed by atoms with Gasteiger partial charge in [-0.3, -0.25) is 9.59 Å². The Hall–Kier alpha value is -1.88. The quantitative estimate of drug-likeness (QED) is 0.894. The predicted molar refractivity (Wildman–Crippen MR) is 85.0 cm³/mol. The molecule has 2 bridgehead atoms. The lowest BCUT2D eigenvalue weighted by Crippen LogP contribution is -2.44. The topological polar surface area (TPSA) is 75.6 Å². The highest BCUT2D eigenvalue weighted by molar-refractivity contribution is 5.86. The van der Waals surface area contributed by atoms with Gasteiger partial charge in [-0.15, -0.1) is 0 Å². The molecule has 0 spiro atoms. The highest BCUT2D eigenvalue weighted by atomic mass is 16.5. The molecule has 2 saturated heterocycles. The summed E-state index contributed by atoms with van der Waals surface area (Å²) in [4.78, 5) is 24.2.